The lowest BCUT2D eigenvalue weighted by atomic mass is 10.1. The second-order valence-electron chi connectivity index (χ2n) is 3.01. The summed E-state index contributed by atoms with van der Waals surface area (Å²) < 4.78 is 23.2. The van der Waals surface area contributed by atoms with Gasteiger partial charge < -0.3 is 5.73 Å². The second-order valence-corrected chi connectivity index (χ2v) is 4.99. The normalized spacial score (nSPS) is 23.9. The highest BCUT2D eigenvalue weighted by Gasteiger charge is 2.31. The molecule has 0 spiro atoms. The van der Waals surface area contributed by atoms with E-state index in [0.717, 1.165) is 6.26 Å². The molecule has 1 amide bonds. The topological polar surface area (TPSA) is 80.5 Å². The highest BCUT2D eigenvalue weighted by Crippen LogP contribution is 2.17. The summed E-state index contributed by atoms with van der Waals surface area (Å²) >= 11 is 0. The van der Waals surface area contributed by atoms with Crippen molar-refractivity contribution in [2.45, 2.75) is 6.42 Å². The van der Waals surface area contributed by atoms with Crippen molar-refractivity contribution in [1.29, 1.82) is 0 Å². The van der Waals surface area contributed by atoms with Crippen LogP contribution in [0.25, 0.3) is 0 Å². The summed E-state index contributed by atoms with van der Waals surface area (Å²) in [6, 6.07) is 0. The average Bonchev–Trinajstić information content (AvgIpc) is 2.30. The van der Waals surface area contributed by atoms with Gasteiger partial charge in [0.25, 0.3) is 0 Å². The van der Waals surface area contributed by atoms with Gasteiger partial charge in [0, 0.05) is 13.1 Å². The van der Waals surface area contributed by atoms with Gasteiger partial charge in [-0.2, -0.15) is 0 Å². The molecule has 0 bridgehead atoms. The summed E-state index contributed by atoms with van der Waals surface area (Å²) in [5.41, 5.74) is 5.04. The summed E-state index contributed by atoms with van der Waals surface area (Å²) in [4.78, 5) is 10.7. The van der Waals surface area contributed by atoms with Crippen LogP contribution in [0.15, 0.2) is 0 Å². The number of hydrogen-bond donors (Lipinski definition) is 1. The Bertz CT molecular complexity index is 290. The fraction of sp³-hybridized carbons (Fsp3) is 0.833. The Morgan fingerprint density at radius 1 is 1.54 bits per heavy atom. The molecule has 7 heteroatoms. The van der Waals surface area contributed by atoms with E-state index in [4.69, 9.17) is 5.73 Å². The predicted molar refractivity (Wildman–Crippen MR) is 51.0 cm³/mol. The summed E-state index contributed by atoms with van der Waals surface area (Å²) in [5.74, 6) is -0.721. The lowest BCUT2D eigenvalue weighted by Gasteiger charge is -2.11. The molecule has 1 aliphatic heterocycles. The molecule has 1 rings (SSSR count). The van der Waals surface area contributed by atoms with Crippen molar-refractivity contribution < 1.29 is 13.2 Å². The number of nitrogens with two attached hydrogens (primary N) is 1. The van der Waals surface area contributed by atoms with Crippen molar-refractivity contribution in [3.8, 4) is 0 Å². The maximum atomic E-state index is 11.0. The molecule has 1 heterocycles. The van der Waals surface area contributed by atoms with Crippen LogP contribution in [0, 0.1) is 5.92 Å². The maximum Gasteiger partial charge on any atom is 0.221 e. The maximum absolute atomic E-state index is 11.0. The Kier molecular flexibility index (Phi) is 4.15. The third kappa shape index (κ3) is 3.13. The van der Waals surface area contributed by atoms with Gasteiger partial charge in [-0.25, -0.2) is 12.7 Å². The number of primary amides is 1. The molecular weight excluding hydrogens is 216 g/mol. The van der Waals surface area contributed by atoms with Gasteiger partial charge in [0.15, 0.2) is 0 Å². The quantitative estimate of drug-likeness (QED) is 0.670. The van der Waals surface area contributed by atoms with Crippen LogP contribution in [-0.2, 0) is 14.8 Å². The van der Waals surface area contributed by atoms with Crippen LogP contribution >= 0.6 is 12.4 Å². The van der Waals surface area contributed by atoms with Crippen LogP contribution in [0.1, 0.15) is 6.42 Å². The van der Waals surface area contributed by atoms with E-state index in [0.29, 0.717) is 13.0 Å². The molecule has 2 N–H and O–H groups in total. The van der Waals surface area contributed by atoms with Gasteiger partial charge in [0.2, 0.25) is 15.9 Å². The van der Waals surface area contributed by atoms with Crippen molar-refractivity contribution in [1.82, 2.24) is 4.31 Å². The molecular formula is C6H13ClN2O3S. The van der Waals surface area contributed by atoms with E-state index in [1.807, 2.05) is 0 Å². The van der Waals surface area contributed by atoms with E-state index in [2.05, 4.69) is 0 Å². The van der Waals surface area contributed by atoms with Crippen LogP contribution in [-0.4, -0.2) is 38.0 Å². The standard InChI is InChI=1S/C6H12N2O3S.ClH/c1-12(10,11)8-3-2-5(4-8)6(7)9;/h5H,2-4H2,1H3,(H2,7,9);1H. The number of sulfonamides is 1. The Labute approximate surface area is 83.7 Å². The number of rotatable bonds is 2. The first-order valence-electron chi connectivity index (χ1n) is 3.65. The second kappa shape index (κ2) is 4.26. The molecule has 1 unspecified atom stereocenters. The van der Waals surface area contributed by atoms with Crippen molar-refractivity contribution >= 4 is 28.3 Å². The lowest BCUT2D eigenvalue weighted by Crippen LogP contribution is -2.30. The molecule has 0 aromatic rings. The zero-order valence-electron chi connectivity index (χ0n) is 7.26. The minimum Gasteiger partial charge on any atom is -0.369 e. The largest absolute Gasteiger partial charge is 0.369 e. The third-order valence-corrected chi connectivity index (χ3v) is 3.29. The molecule has 1 atom stereocenters. The molecule has 1 fully saturated rings. The van der Waals surface area contributed by atoms with Gasteiger partial charge >= 0.3 is 0 Å². The average molecular weight is 229 g/mol. The van der Waals surface area contributed by atoms with Gasteiger partial charge in [-0.15, -0.1) is 12.4 Å². The zero-order chi connectivity index (χ0) is 9.35. The van der Waals surface area contributed by atoms with Crippen LogP contribution in [0.2, 0.25) is 0 Å². The first-order valence-corrected chi connectivity index (χ1v) is 5.50. The van der Waals surface area contributed by atoms with E-state index in [9.17, 15) is 13.2 Å². The van der Waals surface area contributed by atoms with Crippen LogP contribution in [0.5, 0.6) is 0 Å². The number of carbonyl (C=O) groups is 1. The molecule has 13 heavy (non-hydrogen) atoms. The first-order chi connectivity index (χ1) is 5.41. The third-order valence-electron chi connectivity index (χ3n) is 2.02. The minimum absolute atomic E-state index is 0. The fourth-order valence-electron chi connectivity index (χ4n) is 1.26. The van der Waals surface area contributed by atoms with Gasteiger partial charge in [-0.3, -0.25) is 4.79 Å². The van der Waals surface area contributed by atoms with Crippen molar-refractivity contribution in [3.63, 3.8) is 0 Å². The number of halogens is 1. The van der Waals surface area contributed by atoms with E-state index in [-0.39, 0.29) is 24.9 Å². The van der Waals surface area contributed by atoms with Crippen LogP contribution < -0.4 is 5.73 Å². The van der Waals surface area contributed by atoms with E-state index < -0.39 is 15.9 Å². The number of hydrogen-bond acceptors (Lipinski definition) is 3. The van der Waals surface area contributed by atoms with Gasteiger partial charge in [0.05, 0.1) is 12.2 Å². The van der Waals surface area contributed by atoms with Crippen molar-refractivity contribution in [3.05, 3.63) is 0 Å². The van der Waals surface area contributed by atoms with Gasteiger partial charge in [-0.05, 0) is 6.42 Å². The number of carbonyl (C=O) groups excluding carboxylic acids is 1. The molecule has 0 aliphatic carbocycles. The molecule has 1 aliphatic rings. The Balaban J connectivity index is 0.00000144. The van der Waals surface area contributed by atoms with E-state index in [1.54, 1.807) is 0 Å². The fourth-order valence-corrected chi connectivity index (χ4v) is 2.15. The zero-order valence-corrected chi connectivity index (χ0v) is 8.90. The van der Waals surface area contributed by atoms with Crippen molar-refractivity contribution in [2.75, 3.05) is 19.3 Å². The number of amides is 1. The molecule has 5 nitrogen and oxygen atoms in total. The lowest BCUT2D eigenvalue weighted by molar-refractivity contribution is -0.121. The molecule has 0 aromatic heterocycles. The van der Waals surface area contributed by atoms with E-state index in [1.165, 1.54) is 4.31 Å². The highest BCUT2D eigenvalue weighted by atomic mass is 35.5. The summed E-state index contributed by atoms with van der Waals surface area (Å²) in [6.07, 6.45) is 1.68. The summed E-state index contributed by atoms with van der Waals surface area (Å²) in [7, 11) is -3.14. The molecule has 78 valence electrons. The summed E-state index contributed by atoms with van der Waals surface area (Å²) in [6.45, 7) is 0.653. The molecule has 0 saturated carbocycles. The van der Waals surface area contributed by atoms with Gasteiger partial charge in [-0.1, -0.05) is 0 Å². The van der Waals surface area contributed by atoms with E-state index >= 15 is 0 Å². The monoisotopic (exact) mass is 228 g/mol. The Morgan fingerprint density at radius 2 is 2.08 bits per heavy atom. The molecule has 0 radical (unpaired) electrons. The van der Waals surface area contributed by atoms with Crippen LogP contribution in [0.3, 0.4) is 0 Å². The molecule has 1 saturated heterocycles. The Morgan fingerprint density at radius 3 is 2.31 bits per heavy atom. The smallest absolute Gasteiger partial charge is 0.221 e. The van der Waals surface area contributed by atoms with Crippen LogP contribution in [0.4, 0.5) is 0 Å². The minimum atomic E-state index is -3.14. The predicted octanol–water partition coefficient (Wildman–Crippen LogP) is -0.825. The van der Waals surface area contributed by atoms with Gasteiger partial charge in [0.1, 0.15) is 0 Å². The number of nitrogens with zero attached hydrogens (tertiary/aromatic N) is 1. The highest BCUT2D eigenvalue weighted by molar-refractivity contribution is 7.88. The summed E-state index contributed by atoms with van der Waals surface area (Å²) in [5, 5.41) is 0. The SMILES string of the molecule is CS(=O)(=O)N1CCC(C(N)=O)C1.Cl. The Hall–Kier alpha value is -0.330. The molecule has 0 aromatic carbocycles. The van der Waals surface area contributed by atoms with Crippen molar-refractivity contribution in [2.24, 2.45) is 11.7 Å². The first kappa shape index (κ1) is 12.7.